The Labute approximate surface area is 225 Å². The molecule has 0 bridgehead atoms. The molecule has 1 aromatic heterocycles. The highest BCUT2D eigenvalue weighted by molar-refractivity contribution is 6.05. The van der Waals surface area contributed by atoms with Gasteiger partial charge in [0.25, 0.3) is 5.91 Å². The number of amides is 1. The molecule has 0 spiro atoms. The van der Waals surface area contributed by atoms with Crippen molar-refractivity contribution in [1.82, 2.24) is 26.1 Å². The summed E-state index contributed by atoms with van der Waals surface area (Å²) in [7, 11) is 5.36. The number of halogens is 3. The Kier molecular flexibility index (Phi) is 7.89. The molecule has 1 aliphatic rings. The fourth-order valence-electron chi connectivity index (χ4n) is 4.42. The fraction of sp³-hybridized carbons (Fsp3) is 0.333. The van der Waals surface area contributed by atoms with E-state index in [9.17, 15) is 18.0 Å². The van der Waals surface area contributed by atoms with E-state index in [1.54, 1.807) is 59.1 Å². The minimum Gasteiger partial charge on any atom is -0.373 e. The summed E-state index contributed by atoms with van der Waals surface area (Å²) >= 11 is 0. The Bertz CT molecular complexity index is 1410. The maximum atomic E-state index is 13.9. The number of alkyl halides is 3. The molecule has 0 aliphatic carbocycles. The number of rotatable bonds is 8. The third kappa shape index (κ3) is 5.86. The summed E-state index contributed by atoms with van der Waals surface area (Å²) in [6.07, 6.45) is -0.945. The van der Waals surface area contributed by atoms with Crippen LogP contribution in [0.5, 0.6) is 0 Å². The Morgan fingerprint density at radius 2 is 1.90 bits per heavy atom. The third-order valence-electron chi connectivity index (χ3n) is 6.88. The quantitative estimate of drug-likeness (QED) is 0.341. The Balaban J connectivity index is 1.62. The first-order valence-corrected chi connectivity index (χ1v) is 12.4. The standard InChI is InChI=1S/C27H33F3N8O/c1-16-7-8-19(11-24(16)38-15-23(34-35-38)21-14-32-37(6)18(21)3)26(39)33-20-12-22(27(28,29)30)17(2)25(13-20)36(5)10-9-31-4/h7-8,11-15,31,34-35H,9-10H2,1-6H3,(H,33,39). The molecule has 9 nitrogen and oxygen atoms in total. The molecule has 1 amide bonds. The number of benzene rings is 2. The van der Waals surface area contributed by atoms with Crippen LogP contribution in [0.1, 0.15) is 38.3 Å². The van der Waals surface area contributed by atoms with Crippen molar-refractivity contribution in [3.63, 3.8) is 0 Å². The van der Waals surface area contributed by atoms with E-state index < -0.39 is 17.6 Å². The van der Waals surface area contributed by atoms with Crippen LogP contribution in [0.3, 0.4) is 0 Å². The van der Waals surface area contributed by atoms with Gasteiger partial charge in [0.2, 0.25) is 0 Å². The summed E-state index contributed by atoms with van der Waals surface area (Å²) in [5.41, 5.74) is 10.6. The maximum absolute atomic E-state index is 13.9. The van der Waals surface area contributed by atoms with Gasteiger partial charge in [-0.2, -0.15) is 18.3 Å². The van der Waals surface area contributed by atoms with Crippen LogP contribution in [0.25, 0.3) is 5.70 Å². The molecule has 12 heteroatoms. The van der Waals surface area contributed by atoms with E-state index in [1.165, 1.54) is 6.92 Å². The number of carbonyl (C=O) groups is 1. The maximum Gasteiger partial charge on any atom is 0.416 e. The molecule has 4 rings (SSSR count). The van der Waals surface area contributed by atoms with Crippen molar-refractivity contribution >= 4 is 28.7 Å². The van der Waals surface area contributed by atoms with Gasteiger partial charge in [-0.3, -0.25) is 14.5 Å². The molecule has 0 radical (unpaired) electrons. The lowest BCUT2D eigenvalue weighted by Crippen LogP contribution is -2.36. The van der Waals surface area contributed by atoms with Crippen LogP contribution in [0.2, 0.25) is 0 Å². The van der Waals surface area contributed by atoms with E-state index in [0.29, 0.717) is 30.0 Å². The lowest BCUT2D eigenvalue weighted by Gasteiger charge is -2.25. The summed E-state index contributed by atoms with van der Waals surface area (Å²) in [5.74, 6) is -0.517. The number of hydrogen-bond acceptors (Lipinski definition) is 7. The highest BCUT2D eigenvalue weighted by Gasteiger charge is 2.34. The van der Waals surface area contributed by atoms with Crippen molar-refractivity contribution in [2.45, 2.75) is 26.9 Å². The normalized spacial score (nSPS) is 13.4. The van der Waals surface area contributed by atoms with Crippen molar-refractivity contribution in [3.8, 4) is 0 Å². The van der Waals surface area contributed by atoms with E-state index in [1.807, 2.05) is 27.1 Å². The Hall–Kier alpha value is -4.03. The average molecular weight is 543 g/mol. The minimum absolute atomic E-state index is 0.0709. The summed E-state index contributed by atoms with van der Waals surface area (Å²) in [6.45, 7) is 6.40. The van der Waals surface area contributed by atoms with Gasteiger partial charge in [0, 0.05) is 61.6 Å². The number of aryl methyl sites for hydroxylation is 2. The van der Waals surface area contributed by atoms with Crippen LogP contribution < -0.4 is 31.5 Å². The third-order valence-corrected chi connectivity index (χ3v) is 6.88. The molecule has 0 atom stereocenters. The number of hydrogen-bond donors (Lipinski definition) is 4. The molecular weight excluding hydrogens is 509 g/mol. The second kappa shape index (κ2) is 11.0. The van der Waals surface area contributed by atoms with E-state index in [0.717, 1.165) is 28.6 Å². The Morgan fingerprint density at radius 3 is 2.54 bits per heavy atom. The molecule has 0 saturated carbocycles. The van der Waals surface area contributed by atoms with E-state index in [-0.39, 0.29) is 11.3 Å². The van der Waals surface area contributed by atoms with Crippen LogP contribution in [0.15, 0.2) is 42.7 Å². The monoisotopic (exact) mass is 542 g/mol. The zero-order chi connectivity index (χ0) is 28.5. The van der Waals surface area contributed by atoms with Crippen LogP contribution in [0.4, 0.5) is 30.2 Å². The van der Waals surface area contributed by atoms with E-state index in [2.05, 4.69) is 26.7 Å². The van der Waals surface area contributed by atoms with Gasteiger partial charge in [-0.05, 0) is 63.2 Å². The molecule has 1 aliphatic heterocycles. The molecule has 0 saturated heterocycles. The molecule has 2 heterocycles. The van der Waals surface area contributed by atoms with Gasteiger partial charge in [0.1, 0.15) is 0 Å². The topological polar surface area (TPSA) is 89.5 Å². The largest absolute Gasteiger partial charge is 0.416 e. The minimum atomic E-state index is -4.56. The molecule has 39 heavy (non-hydrogen) atoms. The lowest BCUT2D eigenvalue weighted by atomic mass is 10.0. The van der Waals surface area contributed by atoms with Gasteiger partial charge < -0.3 is 21.0 Å². The van der Waals surface area contributed by atoms with Crippen molar-refractivity contribution in [2.75, 3.05) is 42.4 Å². The predicted octanol–water partition coefficient (Wildman–Crippen LogP) is 4.10. The zero-order valence-electron chi connectivity index (χ0n) is 22.8. The lowest BCUT2D eigenvalue weighted by molar-refractivity contribution is -0.138. The van der Waals surface area contributed by atoms with Gasteiger partial charge in [0.15, 0.2) is 0 Å². The van der Waals surface area contributed by atoms with E-state index in [4.69, 9.17) is 0 Å². The number of hydrazine groups is 2. The first kappa shape index (κ1) is 28.0. The highest BCUT2D eigenvalue weighted by atomic mass is 19.4. The van der Waals surface area contributed by atoms with Gasteiger partial charge in [-0.15, -0.1) is 5.53 Å². The summed E-state index contributed by atoms with van der Waals surface area (Å²) < 4.78 is 43.4. The van der Waals surface area contributed by atoms with Gasteiger partial charge in [-0.1, -0.05) is 6.07 Å². The van der Waals surface area contributed by atoms with Gasteiger partial charge >= 0.3 is 6.18 Å². The highest BCUT2D eigenvalue weighted by Crippen LogP contribution is 2.38. The van der Waals surface area contributed by atoms with Crippen LogP contribution in [0, 0.1) is 20.8 Å². The number of nitrogens with one attached hydrogen (secondary N) is 4. The summed E-state index contributed by atoms with van der Waals surface area (Å²) in [4.78, 5) is 15.0. The van der Waals surface area contributed by atoms with Crippen molar-refractivity contribution in [3.05, 3.63) is 76.2 Å². The summed E-state index contributed by atoms with van der Waals surface area (Å²) in [5, 5.41) is 11.7. The second-order valence-corrected chi connectivity index (χ2v) is 9.56. The average Bonchev–Trinajstić information content (AvgIpc) is 3.49. The molecule has 4 N–H and O–H groups in total. The Morgan fingerprint density at radius 1 is 1.15 bits per heavy atom. The predicted molar refractivity (Wildman–Crippen MR) is 147 cm³/mol. The molecule has 0 unspecified atom stereocenters. The smallest absolute Gasteiger partial charge is 0.373 e. The molecule has 208 valence electrons. The molecule has 3 aromatic rings. The molecular formula is C27H33F3N8O. The summed E-state index contributed by atoms with van der Waals surface area (Å²) in [6, 6.07) is 7.68. The fourth-order valence-corrected chi connectivity index (χ4v) is 4.42. The van der Waals surface area contributed by atoms with Crippen molar-refractivity contribution in [2.24, 2.45) is 7.05 Å². The number of nitrogens with zero attached hydrogens (tertiary/aromatic N) is 4. The number of anilines is 3. The van der Waals surface area contributed by atoms with E-state index >= 15 is 0 Å². The number of likely N-dealkylation sites (N-methyl/N-ethyl adjacent to an activating group) is 2. The SMILES string of the molecule is CNCCN(C)c1cc(NC(=O)c2ccc(C)c(N3C=C(c4cnn(C)c4C)NN3)c2)cc(C(F)(F)F)c1C. The number of carbonyl (C=O) groups excluding carboxylic acids is 1. The zero-order valence-corrected chi connectivity index (χ0v) is 22.8. The first-order valence-electron chi connectivity index (χ1n) is 12.4. The molecule has 0 fully saturated rings. The van der Waals surface area contributed by atoms with Crippen LogP contribution in [-0.4, -0.2) is 42.9 Å². The van der Waals surface area contributed by atoms with Gasteiger partial charge in [-0.25, -0.2) is 0 Å². The van der Waals surface area contributed by atoms with Gasteiger partial charge in [0.05, 0.1) is 23.1 Å². The number of aromatic nitrogens is 2. The van der Waals surface area contributed by atoms with Crippen molar-refractivity contribution in [1.29, 1.82) is 0 Å². The van der Waals surface area contributed by atoms with Crippen LogP contribution in [-0.2, 0) is 13.2 Å². The van der Waals surface area contributed by atoms with Crippen LogP contribution >= 0.6 is 0 Å². The second-order valence-electron chi connectivity index (χ2n) is 9.56. The first-order chi connectivity index (χ1) is 18.4. The van der Waals surface area contributed by atoms with Crippen molar-refractivity contribution < 1.29 is 18.0 Å². The molecule has 2 aromatic carbocycles.